The zero-order chi connectivity index (χ0) is 14.7. The van der Waals surface area contributed by atoms with Crippen molar-refractivity contribution in [1.82, 2.24) is 5.32 Å². The zero-order valence-corrected chi connectivity index (χ0v) is 12.5. The van der Waals surface area contributed by atoms with Crippen molar-refractivity contribution in [2.75, 3.05) is 7.05 Å². The summed E-state index contributed by atoms with van der Waals surface area (Å²) in [4.78, 5) is 0. The summed E-state index contributed by atoms with van der Waals surface area (Å²) in [5.74, 6) is 0.899. The van der Waals surface area contributed by atoms with Crippen LogP contribution in [0.15, 0.2) is 30.3 Å². The van der Waals surface area contributed by atoms with Crippen molar-refractivity contribution in [1.29, 1.82) is 0 Å². The molecule has 4 heteroatoms. The van der Waals surface area contributed by atoms with Crippen LogP contribution in [0.1, 0.15) is 16.7 Å². The minimum Gasteiger partial charge on any atom is -0.457 e. The fourth-order valence-corrected chi connectivity index (χ4v) is 2.49. The highest BCUT2D eigenvalue weighted by Gasteiger charge is 2.09. The van der Waals surface area contributed by atoms with E-state index in [0.717, 1.165) is 22.4 Å². The first-order chi connectivity index (χ1) is 9.49. The average molecular weight is 294 g/mol. The van der Waals surface area contributed by atoms with E-state index in [1.54, 1.807) is 0 Å². The second kappa shape index (κ2) is 6.25. The van der Waals surface area contributed by atoms with Crippen molar-refractivity contribution in [2.24, 2.45) is 0 Å². The molecule has 0 saturated heterocycles. The van der Waals surface area contributed by atoms with Crippen molar-refractivity contribution in [3.63, 3.8) is 0 Å². The first kappa shape index (κ1) is 14.8. The molecule has 0 unspecified atom stereocenters. The molecule has 106 valence electrons. The Morgan fingerprint density at radius 3 is 2.35 bits per heavy atom. The molecule has 1 N–H and O–H groups in total. The van der Waals surface area contributed by atoms with E-state index < -0.39 is 0 Å². The molecule has 0 atom stereocenters. The molecule has 0 radical (unpaired) electrons. The largest absolute Gasteiger partial charge is 0.457 e. The number of hydrogen-bond acceptors (Lipinski definition) is 2. The molecule has 0 heterocycles. The Morgan fingerprint density at radius 2 is 1.75 bits per heavy atom. The molecule has 0 spiro atoms. The van der Waals surface area contributed by atoms with Gasteiger partial charge in [-0.3, -0.25) is 0 Å². The lowest BCUT2D eigenvalue weighted by atomic mass is 10.1. The molecule has 0 aliphatic heterocycles. The Kier molecular flexibility index (Phi) is 4.63. The van der Waals surface area contributed by atoms with E-state index in [0.29, 0.717) is 17.3 Å². The summed E-state index contributed by atoms with van der Waals surface area (Å²) in [6.07, 6.45) is 0. The van der Waals surface area contributed by atoms with Gasteiger partial charge in [-0.15, -0.1) is 0 Å². The minimum absolute atomic E-state index is 0.308. The van der Waals surface area contributed by atoms with Gasteiger partial charge in [-0.25, -0.2) is 4.39 Å². The standard InChI is InChI=1S/C16H17ClFNO/c1-10-4-13(17)5-11(2)16(10)20-15-7-12(9-19-3)6-14(18)8-15/h4-8,19H,9H2,1-3H3. The summed E-state index contributed by atoms with van der Waals surface area (Å²) in [6, 6.07) is 8.36. The van der Waals surface area contributed by atoms with Crippen LogP contribution in [0.3, 0.4) is 0 Å². The number of rotatable bonds is 4. The first-order valence-electron chi connectivity index (χ1n) is 6.38. The van der Waals surface area contributed by atoms with Gasteiger partial charge in [-0.05, 0) is 61.9 Å². The average Bonchev–Trinajstić information content (AvgIpc) is 2.33. The molecular formula is C16H17ClFNO. The van der Waals surface area contributed by atoms with Crippen molar-refractivity contribution in [3.8, 4) is 11.5 Å². The third-order valence-corrected chi connectivity index (χ3v) is 3.18. The Morgan fingerprint density at radius 1 is 1.10 bits per heavy atom. The van der Waals surface area contributed by atoms with Crippen LogP contribution in [0.5, 0.6) is 11.5 Å². The molecule has 0 aliphatic carbocycles. The summed E-state index contributed by atoms with van der Waals surface area (Å²) >= 11 is 5.99. The lowest BCUT2D eigenvalue weighted by Gasteiger charge is -2.13. The van der Waals surface area contributed by atoms with E-state index in [1.807, 2.05) is 39.1 Å². The quantitative estimate of drug-likeness (QED) is 0.889. The molecule has 2 aromatic rings. The fourth-order valence-electron chi connectivity index (χ4n) is 2.16. The van der Waals surface area contributed by atoms with Gasteiger partial charge in [0.15, 0.2) is 0 Å². The summed E-state index contributed by atoms with van der Waals surface area (Å²) in [5.41, 5.74) is 2.69. The predicted molar refractivity (Wildman–Crippen MR) is 80.2 cm³/mol. The number of hydrogen-bond donors (Lipinski definition) is 1. The van der Waals surface area contributed by atoms with Gasteiger partial charge < -0.3 is 10.1 Å². The van der Waals surface area contributed by atoms with Crippen LogP contribution >= 0.6 is 11.6 Å². The van der Waals surface area contributed by atoms with Gasteiger partial charge in [0.2, 0.25) is 0 Å². The van der Waals surface area contributed by atoms with Gasteiger partial charge >= 0.3 is 0 Å². The second-order valence-corrected chi connectivity index (χ2v) is 5.23. The van der Waals surface area contributed by atoms with Gasteiger partial charge in [0.25, 0.3) is 0 Å². The maximum Gasteiger partial charge on any atom is 0.133 e. The van der Waals surface area contributed by atoms with E-state index in [2.05, 4.69) is 5.32 Å². The van der Waals surface area contributed by atoms with Crippen LogP contribution in [-0.4, -0.2) is 7.05 Å². The van der Waals surface area contributed by atoms with E-state index in [4.69, 9.17) is 16.3 Å². The summed E-state index contributed by atoms with van der Waals surface area (Å²) in [5, 5.41) is 3.66. The maximum atomic E-state index is 13.6. The number of aryl methyl sites for hydroxylation is 2. The predicted octanol–water partition coefficient (Wildman–Crippen LogP) is 4.61. The monoisotopic (exact) mass is 293 g/mol. The van der Waals surface area contributed by atoms with Crippen LogP contribution in [0.2, 0.25) is 5.02 Å². The number of benzene rings is 2. The van der Waals surface area contributed by atoms with Crippen LogP contribution in [0.4, 0.5) is 4.39 Å². The van der Waals surface area contributed by atoms with Crippen molar-refractivity contribution < 1.29 is 9.13 Å². The molecule has 2 rings (SSSR count). The topological polar surface area (TPSA) is 21.3 Å². The number of halogens is 2. The molecule has 0 amide bonds. The van der Waals surface area contributed by atoms with E-state index >= 15 is 0 Å². The van der Waals surface area contributed by atoms with Gasteiger partial charge in [0.1, 0.15) is 17.3 Å². The zero-order valence-electron chi connectivity index (χ0n) is 11.8. The van der Waals surface area contributed by atoms with E-state index in [1.165, 1.54) is 12.1 Å². The van der Waals surface area contributed by atoms with Gasteiger partial charge in [0.05, 0.1) is 0 Å². The minimum atomic E-state index is -0.308. The van der Waals surface area contributed by atoms with Crippen LogP contribution in [-0.2, 0) is 6.54 Å². The Balaban J connectivity index is 2.35. The normalized spacial score (nSPS) is 10.7. The summed E-state index contributed by atoms with van der Waals surface area (Å²) < 4.78 is 19.4. The van der Waals surface area contributed by atoms with E-state index in [9.17, 15) is 4.39 Å². The number of nitrogens with one attached hydrogen (secondary N) is 1. The SMILES string of the molecule is CNCc1cc(F)cc(Oc2c(C)cc(Cl)cc2C)c1. The smallest absolute Gasteiger partial charge is 0.133 e. The van der Waals surface area contributed by atoms with E-state index in [-0.39, 0.29) is 5.82 Å². The Bertz CT molecular complexity index is 605. The van der Waals surface area contributed by atoms with Gasteiger partial charge in [0, 0.05) is 17.6 Å². The lowest BCUT2D eigenvalue weighted by Crippen LogP contribution is -2.05. The molecule has 2 nitrogen and oxygen atoms in total. The highest BCUT2D eigenvalue weighted by atomic mass is 35.5. The van der Waals surface area contributed by atoms with Crippen molar-refractivity contribution in [3.05, 3.63) is 57.9 Å². The third-order valence-electron chi connectivity index (χ3n) is 2.96. The molecule has 0 aliphatic rings. The van der Waals surface area contributed by atoms with Crippen LogP contribution < -0.4 is 10.1 Å². The molecule has 0 fully saturated rings. The van der Waals surface area contributed by atoms with Crippen molar-refractivity contribution >= 4 is 11.6 Å². The Hall–Kier alpha value is -1.58. The third kappa shape index (κ3) is 3.50. The molecule has 0 saturated carbocycles. The van der Waals surface area contributed by atoms with Gasteiger partial charge in [-0.2, -0.15) is 0 Å². The van der Waals surface area contributed by atoms with Crippen molar-refractivity contribution in [2.45, 2.75) is 20.4 Å². The summed E-state index contributed by atoms with van der Waals surface area (Å²) in [7, 11) is 1.82. The first-order valence-corrected chi connectivity index (χ1v) is 6.76. The molecule has 20 heavy (non-hydrogen) atoms. The summed E-state index contributed by atoms with van der Waals surface area (Å²) in [6.45, 7) is 4.43. The molecule has 2 aromatic carbocycles. The highest BCUT2D eigenvalue weighted by molar-refractivity contribution is 6.30. The van der Waals surface area contributed by atoms with Crippen LogP contribution in [0, 0.1) is 19.7 Å². The maximum absolute atomic E-state index is 13.6. The fraction of sp³-hybridized carbons (Fsp3) is 0.250. The number of ether oxygens (including phenoxy) is 1. The molecule has 0 aromatic heterocycles. The van der Waals surface area contributed by atoms with Crippen LogP contribution in [0.25, 0.3) is 0 Å². The molecular weight excluding hydrogens is 277 g/mol. The highest BCUT2D eigenvalue weighted by Crippen LogP contribution is 2.32. The second-order valence-electron chi connectivity index (χ2n) is 4.80. The molecule has 0 bridgehead atoms. The van der Waals surface area contributed by atoms with Gasteiger partial charge in [-0.1, -0.05) is 11.6 Å². The lowest BCUT2D eigenvalue weighted by molar-refractivity contribution is 0.468. The Labute approximate surface area is 123 Å².